The van der Waals surface area contributed by atoms with E-state index in [4.69, 9.17) is 0 Å². The van der Waals surface area contributed by atoms with Gasteiger partial charge in [0.25, 0.3) is 5.91 Å². The molecule has 4 rings (SSSR count). The third kappa shape index (κ3) is 2.77. The fourth-order valence-corrected chi connectivity index (χ4v) is 3.18. The van der Waals surface area contributed by atoms with E-state index in [9.17, 15) is 9.18 Å². The van der Waals surface area contributed by atoms with Crippen molar-refractivity contribution in [3.8, 4) is 5.95 Å². The number of aromatic amines is 1. The van der Waals surface area contributed by atoms with Crippen LogP contribution in [0.3, 0.4) is 0 Å². The summed E-state index contributed by atoms with van der Waals surface area (Å²) < 4.78 is 15.0. The van der Waals surface area contributed by atoms with E-state index >= 15 is 0 Å². The summed E-state index contributed by atoms with van der Waals surface area (Å²) >= 11 is 0. The summed E-state index contributed by atoms with van der Waals surface area (Å²) in [7, 11) is 0. The Morgan fingerprint density at radius 1 is 1.40 bits per heavy atom. The van der Waals surface area contributed by atoms with Crippen molar-refractivity contribution in [2.24, 2.45) is 0 Å². The first kappa shape index (κ1) is 15.4. The molecule has 0 saturated carbocycles. The van der Waals surface area contributed by atoms with Crippen molar-refractivity contribution in [3.63, 3.8) is 0 Å². The van der Waals surface area contributed by atoms with Crippen LogP contribution in [0, 0.1) is 12.7 Å². The quantitative estimate of drug-likeness (QED) is 0.784. The highest BCUT2D eigenvalue weighted by molar-refractivity contribution is 5.91. The molecule has 1 aliphatic rings. The standard InChI is InChI=1S/C16H16FN7O/c1-10-20-14(22-24(10)16-18-9-19-21-16)15(25)23-7-3-6-13(23)11-4-2-5-12(17)8-11/h2,4-5,8-9,13H,3,6-7H2,1H3,(H,18,19,21)/t13-/m0/s1. The number of aryl methyl sites for hydroxylation is 1. The fraction of sp³-hybridized carbons (Fsp3) is 0.312. The first-order chi connectivity index (χ1) is 12.1. The first-order valence-corrected chi connectivity index (χ1v) is 7.99. The zero-order chi connectivity index (χ0) is 17.4. The highest BCUT2D eigenvalue weighted by Gasteiger charge is 2.33. The number of hydrogen-bond donors (Lipinski definition) is 1. The molecule has 0 aliphatic carbocycles. The molecular formula is C16H16FN7O. The summed E-state index contributed by atoms with van der Waals surface area (Å²) in [6, 6.07) is 6.20. The summed E-state index contributed by atoms with van der Waals surface area (Å²) in [6.45, 7) is 2.33. The van der Waals surface area contributed by atoms with Gasteiger partial charge in [-0.2, -0.15) is 14.8 Å². The van der Waals surface area contributed by atoms with Crippen LogP contribution in [0.15, 0.2) is 30.6 Å². The van der Waals surface area contributed by atoms with Gasteiger partial charge >= 0.3 is 0 Å². The van der Waals surface area contributed by atoms with Gasteiger partial charge in [-0.3, -0.25) is 4.79 Å². The molecule has 1 fully saturated rings. The molecular weight excluding hydrogens is 325 g/mol. The molecule has 128 valence electrons. The minimum absolute atomic E-state index is 0.0946. The SMILES string of the molecule is Cc1nc(C(=O)N2CCC[C@H]2c2cccc(F)c2)nn1-c1ncn[nH]1. The molecule has 8 nitrogen and oxygen atoms in total. The highest BCUT2D eigenvalue weighted by Crippen LogP contribution is 2.33. The Bertz CT molecular complexity index is 905. The lowest BCUT2D eigenvalue weighted by molar-refractivity contribution is 0.0723. The van der Waals surface area contributed by atoms with Gasteiger partial charge in [0.05, 0.1) is 6.04 Å². The molecule has 1 amide bonds. The van der Waals surface area contributed by atoms with Crippen LogP contribution < -0.4 is 0 Å². The third-order valence-electron chi connectivity index (χ3n) is 4.31. The molecule has 1 atom stereocenters. The van der Waals surface area contributed by atoms with Gasteiger partial charge in [0, 0.05) is 6.54 Å². The Morgan fingerprint density at radius 2 is 2.28 bits per heavy atom. The van der Waals surface area contributed by atoms with Crippen LogP contribution in [-0.4, -0.2) is 47.3 Å². The summed E-state index contributed by atoms with van der Waals surface area (Å²) in [6.07, 6.45) is 3.00. The number of nitrogens with one attached hydrogen (secondary N) is 1. The lowest BCUT2D eigenvalue weighted by atomic mass is 10.0. The zero-order valence-corrected chi connectivity index (χ0v) is 13.6. The van der Waals surface area contributed by atoms with Crippen LogP contribution in [0.1, 0.15) is 40.9 Å². The van der Waals surface area contributed by atoms with Gasteiger partial charge in [0.1, 0.15) is 18.0 Å². The predicted octanol–water partition coefficient (Wildman–Crippen LogP) is 1.81. The van der Waals surface area contributed by atoms with Gasteiger partial charge in [-0.05, 0) is 37.5 Å². The van der Waals surface area contributed by atoms with Crippen molar-refractivity contribution in [2.45, 2.75) is 25.8 Å². The molecule has 25 heavy (non-hydrogen) atoms. The molecule has 2 aromatic heterocycles. The predicted molar refractivity (Wildman–Crippen MR) is 85.4 cm³/mol. The van der Waals surface area contributed by atoms with E-state index in [0.717, 1.165) is 18.4 Å². The number of carbonyl (C=O) groups is 1. The average Bonchev–Trinajstić information content (AvgIpc) is 3.34. The second kappa shape index (κ2) is 6.08. The van der Waals surface area contributed by atoms with Crippen molar-refractivity contribution in [1.29, 1.82) is 0 Å². The lowest BCUT2D eigenvalue weighted by Gasteiger charge is -2.23. The average molecular weight is 341 g/mol. The number of H-pyrrole nitrogens is 1. The Hall–Kier alpha value is -3.10. The lowest BCUT2D eigenvalue weighted by Crippen LogP contribution is -2.31. The Balaban J connectivity index is 1.63. The Kier molecular flexibility index (Phi) is 3.75. The minimum atomic E-state index is -0.305. The van der Waals surface area contributed by atoms with Crippen LogP contribution in [0.25, 0.3) is 5.95 Å². The molecule has 1 saturated heterocycles. The van der Waals surface area contributed by atoms with Crippen LogP contribution >= 0.6 is 0 Å². The van der Waals surface area contributed by atoms with E-state index < -0.39 is 0 Å². The third-order valence-corrected chi connectivity index (χ3v) is 4.31. The first-order valence-electron chi connectivity index (χ1n) is 7.99. The summed E-state index contributed by atoms with van der Waals surface area (Å²) in [5.41, 5.74) is 0.789. The molecule has 1 aliphatic heterocycles. The van der Waals surface area contributed by atoms with Gasteiger partial charge < -0.3 is 4.90 Å². The van der Waals surface area contributed by atoms with Crippen LogP contribution in [0.5, 0.6) is 0 Å². The van der Waals surface area contributed by atoms with Crippen LogP contribution in [-0.2, 0) is 0 Å². The summed E-state index contributed by atoms with van der Waals surface area (Å²) in [5, 5.41) is 10.7. The number of hydrogen-bond acceptors (Lipinski definition) is 5. The molecule has 3 aromatic rings. The number of amides is 1. The molecule has 3 heterocycles. The molecule has 0 bridgehead atoms. The summed E-state index contributed by atoms with van der Waals surface area (Å²) in [4.78, 5) is 22.9. The monoisotopic (exact) mass is 341 g/mol. The normalized spacial score (nSPS) is 17.2. The Labute approximate surface area is 142 Å². The fourth-order valence-electron chi connectivity index (χ4n) is 3.18. The van der Waals surface area contributed by atoms with E-state index in [0.29, 0.717) is 18.3 Å². The number of rotatable bonds is 3. The van der Waals surface area contributed by atoms with E-state index in [1.54, 1.807) is 17.9 Å². The number of nitrogens with zero attached hydrogens (tertiary/aromatic N) is 6. The van der Waals surface area contributed by atoms with Gasteiger partial charge in [-0.1, -0.05) is 12.1 Å². The van der Waals surface area contributed by atoms with Crippen LogP contribution in [0.2, 0.25) is 0 Å². The Morgan fingerprint density at radius 3 is 3.04 bits per heavy atom. The molecule has 9 heteroatoms. The molecule has 1 aromatic carbocycles. The van der Waals surface area contributed by atoms with Crippen molar-refractivity contribution in [1.82, 2.24) is 34.8 Å². The van der Waals surface area contributed by atoms with E-state index in [1.165, 1.54) is 23.1 Å². The number of likely N-dealkylation sites (tertiary alicyclic amines) is 1. The van der Waals surface area contributed by atoms with Crippen LogP contribution in [0.4, 0.5) is 4.39 Å². The van der Waals surface area contributed by atoms with Gasteiger partial charge in [-0.25, -0.2) is 14.5 Å². The minimum Gasteiger partial charge on any atom is -0.329 e. The largest absolute Gasteiger partial charge is 0.329 e. The topological polar surface area (TPSA) is 92.6 Å². The van der Waals surface area contributed by atoms with E-state index in [1.807, 2.05) is 6.07 Å². The highest BCUT2D eigenvalue weighted by atomic mass is 19.1. The number of aromatic nitrogens is 6. The van der Waals surface area contributed by atoms with E-state index in [-0.39, 0.29) is 23.6 Å². The van der Waals surface area contributed by atoms with Gasteiger partial charge in [0.15, 0.2) is 0 Å². The maximum absolute atomic E-state index is 13.5. The molecule has 0 unspecified atom stereocenters. The molecule has 1 N–H and O–H groups in total. The smallest absolute Gasteiger partial charge is 0.294 e. The number of halogens is 1. The van der Waals surface area contributed by atoms with Crippen molar-refractivity contribution < 1.29 is 9.18 Å². The van der Waals surface area contributed by atoms with Gasteiger partial charge in [0.2, 0.25) is 11.8 Å². The number of benzene rings is 1. The number of carbonyl (C=O) groups excluding carboxylic acids is 1. The maximum atomic E-state index is 13.5. The molecule has 0 spiro atoms. The molecule has 0 radical (unpaired) electrons. The van der Waals surface area contributed by atoms with Crippen molar-refractivity contribution in [3.05, 3.63) is 53.6 Å². The van der Waals surface area contributed by atoms with Crippen molar-refractivity contribution >= 4 is 5.91 Å². The second-order valence-corrected chi connectivity index (χ2v) is 5.92. The maximum Gasteiger partial charge on any atom is 0.294 e. The van der Waals surface area contributed by atoms with E-state index in [2.05, 4.69) is 25.3 Å². The second-order valence-electron chi connectivity index (χ2n) is 5.92. The zero-order valence-electron chi connectivity index (χ0n) is 13.6. The van der Waals surface area contributed by atoms with Gasteiger partial charge in [-0.15, -0.1) is 5.10 Å². The van der Waals surface area contributed by atoms with Crippen molar-refractivity contribution in [2.75, 3.05) is 6.54 Å². The summed E-state index contributed by atoms with van der Waals surface area (Å²) in [5.74, 6) is 0.444.